The summed E-state index contributed by atoms with van der Waals surface area (Å²) in [6, 6.07) is 8.10. The van der Waals surface area contributed by atoms with Crippen LogP contribution in [-0.4, -0.2) is 51.9 Å². The maximum Gasteiger partial charge on any atom is 0.316 e. The first kappa shape index (κ1) is 17.2. The molecule has 1 aromatic carbocycles. The highest BCUT2D eigenvalue weighted by atomic mass is 16.5. The van der Waals surface area contributed by atoms with Gasteiger partial charge >= 0.3 is 5.97 Å². The summed E-state index contributed by atoms with van der Waals surface area (Å²) < 4.78 is 5.73. The first-order valence-corrected chi connectivity index (χ1v) is 8.88. The molecule has 2 saturated heterocycles. The van der Waals surface area contributed by atoms with Gasteiger partial charge in [0.2, 0.25) is 0 Å². The Morgan fingerprint density at radius 2 is 1.88 bits per heavy atom. The van der Waals surface area contributed by atoms with Crippen LogP contribution >= 0.6 is 0 Å². The van der Waals surface area contributed by atoms with Crippen LogP contribution in [0.15, 0.2) is 24.3 Å². The minimum atomic E-state index is -0.827. The van der Waals surface area contributed by atoms with Gasteiger partial charge < -0.3 is 14.9 Å². The van der Waals surface area contributed by atoms with Gasteiger partial charge in [0.25, 0.3) is 0 Å². The Morgan fingerprint density at radius 3 is 2.42 bits per heavy atom. The Bertz CT molecular complexity index is 574. The van der Waals surface area contributed by atoms with E-state index in [-0.39, 0.29) is 18.5 Å². The molecule has 2 aliphatic heterocycles. The van der Waals surface area contributed by atoms with Crippen LogP contribution in [0.3, 0.4) is 0 Å². The Morgan fingerprint density at radius 1 is 1.25 bits per heavy atom. The number of para-hydroxylation sites is 1. The fourth-order valence-corrected chi connectivity index (χ4v) is 4.43. The van der Waals surface area contributed by atoms with E-state index in [1.807, 2.05) is 0 Å². The van der Waals surface area contributed by atoms with Gasteiger partial charge in [-0.1, -0.05) is 18.2 Å². The topological polar surface area (TPSA) is 70.0 Å². The molecule has 0 aromatic heterocycles. The molecular weight excluding hydrogens is 306 g/mol. The zero-order chi connectivity index (χ0) is 17.3. The van der Waals surface area contributed by atoms with E-state index in [2.05, 4.69) is 18.7 Å². The number of esters is 1. The number of aliphatic hydroxyl groups is 1. The lowest BCUT2D eigenvalue weighted by Gasteiger charge is -2.41. The quantitative estimate of drug-likeness (QED) is 0.810. The summed E-state index contributed by atoms with van der Waals surface area (Å²) in [4.78, 5) is 15.1. The monoisotopic (exact) mass is 333 g/mol. The van der Waals surface area contributed by atoms with E-state index in [1.165, 1.54) is 18.9 Å². The van der Waals surface area contributed by atoms with Gasteiger partial charge in [0.1, 0.15) is 17.8 Å². The number of hydrogen-bond acceptors (Lipinski definition) is 5. The van der Waals surface area contributed by atoms with Crippen molar-refractivity contribution in [2.24, 2.45) is 0 Å². The van der Waals surface area contributed by atoms with E-state index in [0.29, 0.717) is 23.7 Å². The molecule has 0 aliphatic carbocycles. The lowest BCUT2D eigenvalue weighted by Crippen LogP contribution is -2.49. The molecule has 3 rings (SSSR count). The third kappa shape index (κ3) is 3.28. The van der Waals surface area contributed by atoms with E-state index in [1.54, 1.807) is 18.2 Å². The zero-order valence-corrected chi connectivity index (χ0v) is 14.4. The minimum Gasteiger partial charge on any atom is -0.508 e. The summed E-state index contributed by atoms with van der Waals surface area (Å²) in [5.74, 6) is -1.25. The second kappa shape index (κ2) is 7.11. The van der Waals surface area contributed by atoms with E-state index in [4.69, 9.17) is 4.74 Å². The SMILES string of the molecule is CC(C)N1[C@@H]2CC[C@H]1CC(OC(=O)C(CO)c1ccccc1O)C2. The molecule has 4 atom stereocenters. The number of phenols is 1. The Labute approximate surface area is 143 Å². The van der Waals surface area contributed by atoms with Gasteiger partial charge in [-0.2, -0.15) is 0 Å². The average molecular weight is 333 g/mol. The van der Waals surface area contributed by atoms with E-state index in [0.717, 1.165) is 12.8 Å². The Kier molecular flexibility index (Phi) is 5.11. The van der Waals surface area contributed by atoms with Gasteiger partial charge in [0.05, 0.1) is 6.61 Å². The van der Waals surface area contributed by atoms with Crippen molar-refractivity contribution in [2.75, 3.05) is 6.61 Å². The molecule has 2 N–H and O–H groups in total. The number of carbonyl (C=O) groups excluding carboxylic acids is 1. The van der Waals surface area contributed by atoms with Crippen molar-refractivity contribution < 1.29 is 19.7 Å². The molecule has 0 saturated carbocycles. The average Bonchev–Trinajstić information content (AvgIpc) is 2.82. The number of benzene rings is 1. The minimum absolute atomic E-state index is 0.0168. The largest absolute Gasteiger partial charge is 0.508 e. The Balaban J connectivity index is 1.66. The maximum atomic E-state index is 12.5. The van der Waals surface area contributed by atoms with Crippen molar-refractivity contribution in [1.82, 2.24) is 4.90 Å². The molecule has 0 spiro atoms. The number of aromatic hydroxyl groups is 1. The van der Waals surface area contributed by atoms with E-state index < -0.39 is 11.9 Å². The summed E-state index contributed by atoms with van der Waals surface area (Å²) in [7, 11) is 0. The third-order valence-corrected chi connectivity index (χ3v) is 5.40. The summed E-state index contributed by atoms with van der Waals surface area (Å²) in [5.41, 5.74) is 0.424. The number of phenolic OH excluding ortho intramolecular Hbond substituents is 1. The van der Waals surface area contributed by atoms with Crippen molar-refractivity contribution >= 4 is 5.97 Å². The highest BCUT2D eigenvalue weighted by Gasteiger charge is 2.43. The zero-order valence-electron chi connectivity index (χ0n) is 14.4. The smallest absolute Gasteiger partial charge is 0.316 e. The highest BCUT2D eigenvalue weighted by Crippen LogP contribution is 2.39. The maximum absolute atomic E-state index is 12.5. The van der Waals surface area contributed by atoms with Gasteiger partial charge in [-0.25, -0.2) is 0 Å². The first-order chi connectivity index (χ1) is 11.5. The number of carbonyl (C=O) groups is 1. The number of ether oxygens (including phenoxy) is 1. The summed E-state index contributed by atoms with van der Waals surface area (Å²) in [5, 5.41) is 19.5. The standard InChI is InChI=1S/C19H27NO4/c1-12(2)20-13-7-8-14(20)10-15(9-13)24-19(23)17(11-21)16-5-3-4-6-18(16)22/h3-6,12-15,17,21-22H,7-11H2,1-2H3/t13-,14+,15?,17?. The van der Waals surface area contributed by atoms with Crippen molar-refractivity contribution in [3.05, 3.63) is 29.8 Å². The van der Waals surface area contributed by atoms with Crippen LogP contribution in [0.2, 0.25) is 0 Å². The van der Waals surface area contributed by atoms with Gasteiger partial charge in [-0.05, 0) is 32.8 Å². The third-order valence-electron chi connectivity index (χ3n) is 5.40. The van der Waals surface area contributed by atoms with E-state index >= 15 is 0 Å². The molecule has 5 heteroatoms. The number of piperidine rings is 1. The van der Waals surface area contributed by atoms with Crippen molar-refractivity contribution in [2.45, 2.75) is 69.7 Å². The second-order valence-corrected chi connectivity index (χ2v) is 7.25. The number of aliphatic hydroxyl groups excluding tert-OH is 1. The summed E-state index contributed by atoms with van der Waals surface area (Å²) in [6.07, 6.45) is 3.96. The fourth-order valence-electron chi connectivity index (χ4n) is 4.43. The number of hydrogen-bond donors (Lipinski definition) is 2. The van der Waals surface area contributed by atoms with Crippen molar-refractivity contribution in [3.63, 3.8) is 0 Å². The molecule has 2 bridgehead atoms. The van der Waals surface area contributed by atoms with Crippen LogP contribution in [0, 0.1) is 0 Å². The molecular formula is C19H27NO4. The number of rotatable bonds is 5. The molecule has 5 nitrogen and oxygen atoms in total. The molecule has 0 amide bonds. The molecule has 2 heterocycles. The van der Waals surface area contributed by atoms with Crippen LogP contribution in [0.25, 0.3) is 0 Å². The predicted octanol–water partition coefficient (Wildman–Crippen LogP) is 2.42. The molecule has 2 aliphatic rings. The molecule has 2 fully saturated rings. The molecule has 132 valence electrons. The summed E-state index contributed by atoms with van der Waals surface area (Å²) in [6.45, 7) is 4.07. The molecule has 0 radical (unpaired) electrons. The molecule has 2 unspecified atom stereocenters. The summed E-state index contributed by atoms with van der Waals surface area (Å²) >= 11 is 0. The number of nitrogens with zero attached hydrogens (tertiary/aromatic N) is 1. The van der Waals surface area contributed by atoms with Crippen LogP contribution in [-0.2, 0) is 9.53 Å². The molecule has 1 aromatic rings. The lowest BCUT2D eigenvalue weighted by atomic mass is 9.96. The van der Waals surface area contributed by atoms with Gasteiger partial charge in [0, 0.05) is 36.5 Å². The fraction of sp³-hybridized carbons (Fsp3) is 0.632. The normalized spacial score (nSPS) is 28.1. The highest BCUT2D eigenvalue weighted by molar-refractivity contribution is 5.79. The van der Waals surface area contributed by atoms with Crippen LogP contribution in [0.1, 0.15) is 51.0 Å². The second-order valence-electron chi connectivity index (χ2n) is 7.25. The predicted molar refractivity (Wildman–Crippen MR) is 90.8 cm³/mol. The molecule has 24 heavy (non-hydrogen) atoms. The lowest BCUT2D eigenvalue weighted by molar-refractivity contribution is -0.156. The van der Waals surface area contributed by atoms with Gasteiger partial charge in [0.15, 0.2) is 0 Å². The van der Waals surface area contributed by atoms with Gasteiger partial charge in [-0.3, -0.25) is 9.69 Å². The number of fused-ring (bicyclic) bond motifs is 2. The van der Waals surface area contributed by atoms with Gasteiger partial charge in [-0.15, -0.1) is 0 Å². The van der Waals surface area contributed by atoms with Crippen LogP contribution in [0.4, 0.5) is 0 Å². The first-order valence-electron chi connectivity index (χ1n) is 8.88. The van der Waals surface area contributed by atoms with Crippen molar-refractivity contribution in [1.29, 1.82) is 0 Å². The van der Waals surface area contributed by atoms with Crippen LogP contribution < -0.4 is 0 Å². The van der Waals surface area contributed by atoms with Crippen molar-refractivity contribution in [3.8, 4) is 5.75 Å². The Hall–Kier alpha value is -1.59. The van der Waals surface area contributed by atoms with Crippen LogP contribution in [0.5, 0.6) is 5.75 Å². The van der Waals surface area contributed by atoms with E-state index in [9.17, 15) is 15.0 Å².